The number of methoxy groups -OCH3 is 4. The summed E-state index contributed by atoms with van der Waals surface area (Å²) in [6.45, 7) is 1.15. The summed E-state index contributed by atoms with van der Waals surface area (Å²) in [6, 6.07) is 37.9. The minimum Gasteiger partial charge on any atom is -0.466 e. The van der Waals surface area contributed by atoms with Crippen LogP contribution in [0.3, 0.4) is 0 Å². The minimum absolute atomic E-state index is 0.0705. The van der Waals surface area contributed by atoms with Gasteiger partial charge in [0.1, 0.15) is 11.5 Å². The highest BCUT2D eigenvalue weighted by Crippen LogP contribution is 2.52. The van der Waals surface area contributed by atoms with Crippen LogP contribution < -0.4 is 9.47 Å². The Morgan fingerprint density at radius 2 is 0.870 bits per heavy atom. The molecule has 0 spiro atoms. The Hall–Kier alpha value is -4.72. The first-order valence-corrected chi connectivity index (χ1v) is 15.2. The summed E-state index contributed by atoms with van der Waals surface area (Å²) < 4.78 is 35.1. The number of ether oxygens (including phenoxy) is 6. The molecule has 0 amide bonds. The minimum atomic E-state index is 0.0705. The lowest BCUT2D eigenvalue weighted by Gasteiger charge is -2.24. The molecule has 46 heavy (non-hydrogen) atoms. The molecule has 6 heteroatoms. The third kappa shape index (κ3) is 6.34. The third-order valence-electron chi connectivity index (χ3n) is 7.99. The molecule has 6 nitrogen and oxygen atoms in total. The molecule has 0 aliphatic rings. The van der Waals surface area contributed by atoms with E-state index >= 15 is 0 Å². The van der Waals surface area contributed by atoms with Crippen LogP contribution in [0.1, 0.15) is 11.1 Å². The molecule has 0 bridgehead atoms. The third-order valence-corrected chi connectivity index (χ3v) is 7.99. The van der Waals surface area contributed by atoms with Crippen molar-refractivity contribution in [2.24, 2.45) is 0 Å². The summed E-state index contributed by atoms with van der Waals surface area (Å²) in [5.41, 5.74) is 7.88. The summed E-state index contributed by atoms with van der Waals surface area (Å²) in [6.07, 6.45) is 0. The van der Waals surface area contributed by atoms with Crippen LogP contribution in [-0.2, 0) is 32.2 Å². The average Bonchev–Trinajstić information content (AvgIpc) is 3.09. The van der Waals surface area contributed by atoms with Crippen LogP contribution in [0.25, 0.3) is 54.9 Å². The van der Waals surface area contributed by atoms with E-state index in [4.69, 9.17) is 28.4 Å². The SMILES string of the molecule is COCOc1c(-c2cccc(COC)c2)cc2ccccc2c1-c1c(OCOC)c(-c2cccc(COC)c2)cc2ccccc12. The van der Waals surface area contributed by atoms with E-state index in [2.05, 4.69) is 109 Å². The topological polar surface area (TPSA) is 55.4 Å². The number of hydrogen-bond donors (Lipinski definition) is 0. The van der Waals surface area contributed by atoms with Crippen molar-refractivity contribution < 1.29 is 28.4 Å². The largest absolute Gasteiger partial charge is 0.466 e. The Morgan fingerprint density at radius 1 is 0.435 bits per heavy atom. The van der Waals surface area contributed by atoms with Crippen LogP contribution in [0.4, 0.5) is 0 Å². The predicted molar refractivity (Wildman–Crippen MR) is 184 cm³/mol. The summed E-state index contributed by atoms with van der Waals surface area (Å²) in [5.74, 6) is 1.40. The van der Waals surface area contributed by atoms with Gasteiger partial charge in [-0.1, -0.05) is 84.9 Å². The lowest BCUT2D eigenvalue weighted by atomic mass is 9.86. The summed E-state index contributed by atoms with van der Waals surface area (Å²) >= 11 is 0. The zero-order valence-corrected chi connectivity index (χ0v) is 26.7. The normalized spacial score (nSPS) is 11.3. The molecule has 0 saturated heterocycles. The Labute approximate surface area is 270 Å². The van der Waals surface area contributed by atoms with Crippen LogP contribution in [0.15, 0.2) is 109 Å². The van der Waals surface area contributed by atoms with Gasteiger partial charge in [0, 0.05) is 50.7 Å². The lowest BCUT2D eigenvalue weighted by molar-refractivity contribution is 0.0506. The maximum absolute atomic E-state index is 6.58. The second-order valence-corrected chi connectivity index (χ2v) is 11.1. The second kappa shape index (κ2) is 14.6. The molecule has 0 heterocycles. The van der Waals surface area contributed by atoms with Crippen molar-refractivity contribution in [3.8, 4) is 44.9 Å². The molecule has 0 atom stereocenters. The lowest BCUT2D eigenvalue weighted by Crippen LogP contribution is -2.06. The van der Waals surface area contributed by atoms with Crippen molar-refractivity contribution in [1.29, 1.82) is 0 Å². The average molecular weight is 615 g/mol. The number of benzene rings is 6. The van der Waals surface area contributed by atoms with Crippen molar-refractivity contribution in [3.63, 3.8) is 0 Å². The van der Waals surface area contributed by atoms with Gasteiger partial charge >= 0.3 is 0 Å². The molecule has 0 saturated carbocycles. The standard InChI is InChI=1S/C40H38O6/c1-41-23-27-11-9-15-29(19-27)35-21-31-13-5-7-17-33(31)37(39(35)45-25-43-3)38-34-18-8-6-14-32(34)22-36(40(38)46-26-44-4)30-16-10-12-28(20-30)24-42-2/h5-22H,23-26H2,1-4H3. The van der Waals surface area contributed by atoms with E-state index in [1.54, 1.807) is 28.4 Å². The predicted octanol–water partition coefficient (Wildman–Crippen LogP) is 9.25. The molecule has 0 radical (unpaired) electrons. The van der Waals surface area contributed by atoms with E-state index in [0.717, 1.165) is 66.1 Å². The number of fused-ring (bicyclic) bond motifs is 2. The van der Waals surface area contributed by atoms with Crippen LogP contribution in [-0.4, -0.2) is 42.0 Å². The first-order valence-electron chi connectivity index (χ1n) is 15.2. The van der Waals surface area contributed by atoms with Gasteiger partial charge in [0.25, 0.3) is 0 Å². The molecular formula is C40H38O6. The fraction of sp³-hybridized carbons (Fsp3) is 0.200. The first kappa shape index (κ1) is 31.3. The summed E-state index contributed by atoms with van der Waals surface area (Å²) in [7, 11) is 6.68. The van der Waals surface area contributed by atoms with Gasteiger partial charge in [-0.2, -0.15) is 0 Å². The molecule has 0 aliphatic heterocycles. The molecule has 6 rings (SSSR count). The van der Waals surface area contributed by atoms with Crippen LogP contribution in [0.2, 0.25) is 0 Å². The zero-order valence-electron chi connectivity index (χ0n) is 26.7. The van der Waals surface area contributed by atoms with Crippen molar-refractivity contribution in [1.82, 2.24) is 0 Å². The molecule has 6 aromatic rings. The van der Waals surface area contributed by atoms with Gasteiger partial charge in [-0.3, -0.25) is 0 Å². The van der Waals surface area contributed by atoms with Gasteiger partial charge < -0.3 is 28.4 Å². The molecule has 234 valence electrons. The van der Waals surface area contributed by atoms with E-state index in [9.17, 15) is 0 Å². The highest BCUT2D eigenvalue weighted by molar-refractivity contribution is 6.14. The molecular weight excluding hydrogens is 576 g/mol. The Balaban J connectivity index is 1.76. The number of rotatable bonds is 13. The van der Waals surface area contributed by atoms with Crippen molar-refractivity contribution in [2.45, 2.75) is 13.2 Å². The van der Waals surface area contributed by atoms with E-state index in [-0.39, 0.29) is 13.6 Å². The fourth-order valence-electron chi connectivity index (χ4n) is 6.11. The molecule has 6 aromatic carbocycles. The van der Waals surface area contributed by atoms with Crippen LogP contribution in [0.5, 0.6) is 11.5 Å². The Bertz CT molecular complexity index is 1820. The molecule has 0 aliphatic carbocycles. The second-order valence-electron chi connectivity index (χ2n) is 11.1. The van der Waals surface area contributed by atoms with Crippen LogP contribution >= 0.6 is 0 Å². The van der Waals surface area contributed by atoms with Crippen molar-refractivity contribution >= 4 is 21.5 Å². The maximum Gasteiger partial charge on any atom is 0.188 e. The summed E-state index contributed by atoms with van der Waals surface area (Å²) in [5, 5.41) is 4.21. The van der Waals surface area contributed by atoms with E-state index in [1.807, 2.05) is 0 Å². The van der Waals surface area contributed by atoms with Gasteiger partial charge in [-0.05, 0) is 68.1 Å². The first-order chi connectivity index (χ1) is 22.7. The molecule has 0 aromatic heterocycles. The van der Waals surface area contributed by atoms with E-state index < -0.39 is 0 Å². The highest BCUT2D eigenvalue weighted by Gasteiger charge is 2.26. The monoisotopic (exact) mass is 614 g/mol. The fourth-order valence-corrected chi connectivity index (χ4v) is 6.11. The van der Waals surface area contributed by atoms with Gasteiger partial charge in [0.05, 0.1) is 13.2 Å². The van der Waals surface area contributed by atoms with Crippen molar-refractivity contribution in [2.75, 3.05) is 42.0 Å². The molecule has 0 N–H and O–H groups in total. The van der Waals surface area contributed by atoms with Crippen molar-refractivity contribution in [3.05, 3.63) is 120 Å². The van der Waals surface area contributed by atoms with E-state index in [0.29, 0.717) is 24.7 Å². The Kier molecular flexibility index (Phi) is 9.91. The Morgan fingerprint density at radius 3 is 1.28 bits per heavy atom. The van der Waals surface area contributed by atoms with Gasteiger partial charge in [-0.25, -0.2) is 0 Å². The summed E-state index contributed by atoms with van der Waals surface area (Å²) in [4.78, 5) is 0. The zero-order chi connectivity index (χ0) is 31.9. The van der Waals surface area contributed by atoms with Gasteiger partial charge in [-0.15, -0.1) is 0 Å². The van der Waals surface area contributed by atoms with Gasteiger partial charge in [0.15, 0.2) is 13.6 Å². The van der Waals surface area contributed by atoms with E-state index in [1.165, 1.54) is 0 Å². The van der Waals surface area contributed by atoms with Crippen LogP contribution in [0, 0.1) is 0 Å². The maximum atomic E-state index is 6.58. The molecule has 0 unspecified atom stereocenters. The molecule has 0 fully saturated rings. The smallest absolute Gasteiger partial charge is 0.188 e. The number of hydrogen-bond acceptors (Lipinski definition) is 6. The highest BCUT2D eigenvalue weighted by atomic mass is 16.7. The quantitative estimate of drug-likeness (QED) is 0.121. The van der Waals surface area contributed by atoms with Gasteiger partial charge in [0.2, 0.25) is 0 Å².